The van der Waals surface area contributed by atoms with Crippen LogP contribution in [0.15, 0.2) is 103 Å². The molecule has 192 valence electrons. The fourth-order valence-corrected chi connectivity index (χ4v) is 7.49. The van der Waals surface area contributed by atoms with Crippen LogP contribution in [0.2, 0.25) is 0 Å². The van der Waals surface area contributed by atoms with E-state index in [2.05, 4.69) is 46.7 Å². The van der Waals surface area contributed by atoms with Gasteiger partial charge in [0.05, 0.1) is 10.6 Å². The Labute approximate surface area is 235 Å². The molecule has 0 fully saturated rings. The van der Waals surface area contributed by atoms with E-state index in [9.17, 15) is 4.79 Å². The van der Waals surface area contributed by atoms with Crippen molar-refractivity contribution in [3.63, 3.8) is 0 Å². The molecule has 7 heteroatoms. The average molecular weight is 549 g/mol. The first kappa shape index (κ1) is 24.2. The summed E-state index contributed by atoms with van der Waals surface area (Å²) in [7, 11) is 0. The van der Waals surface area contributed by atoms with Gasteiger partial charge in [-0.1, -0.05) is 72.8 Å². The molecule has 0 spiro atoms. The van der Waals surface area contributed by atoms with Gasteiger partial charge in [0, 0.05) is 36.5 Å². The second kappa shape index (κ2) is 9.12. The smallest absolute Gasteiger partial charge is 0.247 e. The summed E-state index contributed by atoms with van der Waals surface area (Å²) in [6, 6.07) is 28.6. The normalized spacial score (nSPS) is 22.7. The van der Waals surface area contributed by atoms with Crippen LogP contribution >= 0.6 is 22.9 Å². The zero-order valence-corrected chi connectivity index (χ0v) is 22.5. The quantitative estimate of drug-likeness (QED) is 0.247. The van der Waals surface area contributed by atoms with Crippen molar-refractivity contribution >= 4 is 34.0 Å². The SMILES string of the molecule is NC1(C(=O)Nc2nc(Cc3ccc(-c4ccncc4)cc3)cs2)CC2(Cl)c3ccccc3C1c1ccccc12. The van der Waals surface area contributed by atoms with E-state index in [1.54, 1.807) is 12.4 Å². The molecule has 2 aromatic heterocycles. The van der Waals surface area contributed by atoms with Crippen LogP contribution in [0.25, 0.3) is 11.1 Å². The summed E-state index contributed by atoms with van der Waals surface area (Å²) in [5, 5.41) is 5.56. The van der Waals surface area contributed by atoms with Gasteiger partial charge in [0.15, 0.2) is 5.13 Å². The zero-order chi connectivity index (χ0) is 26.6. The molecule has 2 heterocycles. The monoisotopic (exact) mass is 548 g/mol. The highest BCUT2D eigenvalue weighted by molar-refractivity contribution is 7.13. The van der Waals surface area contributed by atoms with Crippen molar-refractivity contribution in [3.8, 4) is 11.1 Å². The standard InChI is InChI=1S/C32H25ClN4OS/c33-31-19-32(34,28(24-5-1-3-7-26(24)31)25-6-2-4-8-27(25)31)29(38)37-30-36-23(18-39-30)17-20-9-11-21(12-10-20)22-13-15-35-16-14-22/h1-16,18,28H,17,19,34H2,(H,36,37,38). The Morgan fingerprint density at radius 1 is 0.923 bits per heavy atom. The molecule has 3 aliphatic rings. The van der Waals surface area contributed by atoms with Crippen molar-refractivity contribution in [1.82, 2.24) is 9.97 Å². The van der Waals surface area contributed by atoms with Crippen molar-refractivity contribution in [2.75, 3.05) is 5.32 Å². The van der Waals surface area contributed by atoms with Crippen molar-refractivity contribution < 1.29 is 4.79 Å². The number of nitrogens with two attached hydrogens (primary N) is 1. The number of carbonyl (C=O) groups excluding carboxylic acids is 1. The molecule has 39 heavy (non-hydrogen) atoms. The first-order chi connectivity index (χ1) is 19.0. The third-order valence-corrected chi connectivity index (χ3v) is 9.34. The third kappa shape index (κ3) is 3.90. The minimum Gasteiger partial charge on any atom is -0.316 e. The van der Waals surface area contributed by atoms with Gasteiger partial charge in [-0.05, 0) is 51.1 Å². The van der Waals surface area contributed by atoms with Gasteiger partial charge in [0.1, 0.15) is 5.54 Å². The van der Waals surface area contributed by atoms with Gasteiger partial charge in [0.25, 0.3) is 0 Å². The number of hydrogen-bond donors (Lipinski definition) is 2. The van der Waals surface area contributed by atoms with Crippen LogP contribution in [0.4, 0.5) is 5.13 Å². The number of pyridine rings is 1. The number of hydrogen-bond acceptors (Lipinski definition) is 5. The van der Waals surface area contributed by atoms with Crippen LogP contribution in [0, 0.1) is 0 Å². The van der Waals surface area contributed by atoms with Crippen LogP contribution in [-0.4, -0.2) is 21.4 Å². The molecule has 1 unspecified atom stereocenters. The number of thiazole rings is 1. The molecular weight excluding hydrogens is 524 g/mol. The van der Waals surface area contributed by atoms with E-state index in [0.29, 0.717) is 18.0 Å². The summed E-state index contributed by atoms with van der Waals surface area (Å²) in [6.07, 6.45) is 4.57. The Morgan fingerprint density at radius 2 is 1.54 bits per heavy atom. The Kier molecular flexibility index (Phi) is 5.67. The zero-order valence-electron chi connectivity index (χ0n) is 21.0. The van der Waals surface area contributed by atoms with E-state index in [1.165, 1.54) is 11.3 Å². The van der Waals surface area contributed by atoms with E-state index < -0.39 is 10.4 Å². The molecule has 1 amide bonds. The first-order valence-electron chi connectivity index (χ1n) is 12.9. The fraction of sp³-hybridized carbons (Fsp3) is 0.156. The van der Waals surface area contributed by atoms with E-state index in [1.807, 2.05) is 53.9 Å². The second-order valence-corrected chi connectivity index (χ2v) is 11.8. The molecule has 0 radical (unpaired) electrons. The Balaban J connectivity index is 1.12. The number of fused-ring (bicyclic) bond motifs is 1. The molecule has 3 N–H and O–H groups in total. The highest BCUT2D eigenvalue weighted by atomic mass is 35.5. The Bertz CT molecular complexity index is 1650. The number of nitrogens with one attached hydrogen (secondary N) is 1. The third-order valence-electron chi connectivity index (χ3n) is 8.00. The molecule has 8 rings (SSSR count). The summed E-state index contributed by atoms with van der Waals surface area (Å²) >= 11 is 8.77. The molecule has 3 aromatic carbocycles. The highest BCUT2D eigenvalue weighted by Gasteiger charge is 2.60. The number of alkyl halides is 1. The van der Waals surface area contributed by atoms with E-state index in [4.69, 9.17) is 22.3 Å². The van der Waals surface area contributed by atoms with Gasteiger partial charge in [-0.3, -0.25) is 9.78 Å². The van der Waals surface area contributed by atoms with Gasteiger partial charge in [-0.25, -0.2) is 4.98 Å². The van der Waals surface area contributed by atoms with Crippen molar-refractivity contribution in [2.24, 2.45) is 5.73 Å². The Morgan fingerprint density at radius 3 is 2.21 bits per heavy atom. The van der Waals surface area contributed by atoms with Gasteiger partial charge < -0.3 is 11.1 Å². The molecular formula is C32H25ClN4OS. The molecule has 0 saturated carbocycles. The number of nitrogens with zero attached hydrogens (tertiary/aromatic N) is 2. The number of benzene rings is 3. The summed E-state index contributed by atoms with van der Waals surface area (Å²) in [6.45, 7) is 0. The lowest BCUT2D eigenvalue weighted by molar-refractivity contribution is -0.122. The predicted octanol–water partition coefficient (Wildman–Crippen LogP) is 6.46. The van der Waals surface area contributed by atoms with E-state index in [0.717, 1.165) is 44.6 Å². The van der Waals surface area contributed by atoms with E-state index >= 15 is 0 Å². The van der Waals surface area contributed by atoms with Crippen molar-refractivity contribution in [1.29, 1.82) is 0 Å². The molecule has 5 aromatic rings. The highest BCUT2D eigenvalue weighted by Crippen LogP contribution is 2.61. The summed E-state index contributed by atoms with van der Waals surface area (Å²) in [5.41, 5.74) is 14.2. The van der Waals surface area contributed by atoms with Gasteiger partial charge in [-0.2, -0.15) is 0 Å². The number of amides is 1. The molecule has 0 aliphatic heterocycles. The summed E-state index contributed by atoms with van der Waals surface area (Å²) < 4.78 is 0. The van der Waals surface area contributed by atoms with Crippen LogP contribution < -0.4 is 11.1 Å². The maximum Gasteiger partial charge on any atom is 0.247 e. The average Bonchev–Trinajstić information content (AvgIpc) is 3.40. The molecule has 3 aliphatic carbocycles. The Hall–Kier alpha value is -3.84. The maximum atomic E-state index is 13.8. The topological polar surface area (TPSA) is 80.9 Å². The van der Waals surface area contributed by atoms with Crippen LogP contribution in [0.5, 0.6) is 0 Å². The molecule has 0 saturated heterocycles. The van der Waals surface area contributed by atoms with Crippen LogP contribution in [0.3, 0.4) is 0 Å². The van der Waals surface area contributed by atoms with Gasteiger partial charge >= 0.3 is 0 Å². The van der Waals surface area contributed by atoms with Gasteiger partial charge in [0.2, 0.25) is 5.91 Å². The summed E-state index contributed by atoms with van der Waals surface area (Å²) in [4.78, 5) is 21.8. The minimum absolute atomic E-state index is 0.260. The molecule has 1 atom stereocenters. The van der Waals surface area contributed by atoms with E-state index in [-0.39, 0.29) is 11.8 Å². The lowest BCUT2D eigenvalue weighted by atomic mass is 9.55. The van der Waals surface area contributed by atoms with Gasteiger partial charge in [-0.15, -0.1) is 22.9 Å². The first-order valence-corrected chi connectivity index (χ1v) is 14.1. The lowest BCUT2D eigenvalue weighted by Gasteiger charge is -2.54. The molecule has 5 nitrogen and oxygen atoms in total. The predicted molar refractivity (Wildman–Crippen MR) is 156 cm³/mol. The number of carbonyl (C=O) groups is 1. The minimum atomic E-state index is -1.21. The summed E-state index contributed by atoms with van der Waals surface area (Å²) in [5.74, 6) is -0.548. The van der Waals surface area contributed by atoms with Crippen molar-refractivity contribution in [3.05, 3.63) is 136 Å². The largest absolute Gasteiger partial charge is 0.316 e. The van der Waals surface area contributed by atoms with Crippen LogP contribution in [-0.2, 0) is 16.1 Å². The molecule has 2 bridgehead atoms. The van der Waals surface area contributed by atoms with Crippen LogP contribution in [0.1, 0.15) is 45.8 Å². The number of rotatable bonds is 5. The maximum absolute atomic E-state index is 13.8. The second-order valence-electron chi connectivity index (χ2n) is 10.3. The number of anilines is 1. The number of aromatic nitrogens is 2. The van der Waals surface area contributed by atoms with Crippen molar-refractivity contribution in [2.45, 2.75) is 29.2 Å². The fourth-order valence-electron chi connectivity index (χ4n) is 6.22. The number of halogens is 1. The lowest BCUT2D eigenvalue weighted by Crippen LogP contribution is -2.64.